The van der Waals surface area contributed by atoms with Gasteiger partial charge >= 0.3 is 17.9 Å². The minimum atomic E-state index is -0.858. The van der Waals surface area contributed by atoms with E-state index in [-0.39, 0.29) is 23.0 Å². The van der Waals surface area contributed by atoms with E-state index in [0.717, 1.165) is 14.2 Å². The fraction of sp³-hybridized carbons (Fsp3) is 0.235. The lowest BCUT2D eigenvalue weighted by atomic mass is 10.1. The van der Waals surface area contributed by atoms with E-state index in [9.17, 15) is 14.4 Å². The third-order valence-corrected chi connectivity index (χ3v) is 3.18. The van der Waals surface area contributed by atoms with Crippen LogP contribution in [0.15, 0.2) is 35.9 Å². The van der Waals surface area contributed by atoms with Gasteiger partial charge in [0.05, 0.1) is 26.4 Å². The Morgan fingerprint density at radius 1 is 1.04 bits per heavy atom. The Morgan fingerprint density at radius 2 is 1.68 bits per heavy atom. The highest BCUT2D eigenvalue weighted by Crippen LogP contribution is 2.30. The van der Waals surface area contributed by atoms with Crippen LogP contribution in [0.25, 0.3) is 6.08 Å². The minimum Gasteiger partial charge on any atom is -0.487 e. The van der Waals surface area contributed by atoms with Gasteiger partial charge in [0.2, 0.25) is 0 Å². The Bertz CT molecular complexity index is 689. The fourth-order valence-corrected chi connectivity index (χ4v) is 1.95. The monoisotopic (exact) mass is 368 g/mol. The largest absolute Gasteiger partial charge is 0.487 e. The second kappa shape index (κ2) is 10.1. The van der Waals surface area contributed by atoms with Crippen LogP contribution in [0.2, 0.25) is 5.02 Å². The molecular formula is C17H17ClO7. The van der Waals surface area contributed by atoms with Gasteiger partial charge in [0.1, 0.15) is 17.9 Å². The summed E-state index contributed by atoms with van der Waals surface area (Å²) >= 11 is 6.11. The average Bonchev–Trinajstić information content (AvgIpc) is 2.63. The molecule has 0 N–H and O–H groups in total. The number of carbonyl (C=O) groups excluding carboxylic acids is 3. The lowest BCUT2D eigenvalue weighted by Gasteiger charge is -2.10. The Morgan fingerprint density at radius 3 is 2.24 bits per heavy atom. The van der Waals surface area contributed by atoms with Crippen molar-refractivity contribution in [3.63, 3.8) is 0 Å². The SMILES string of the molecule is COC(=O)/C=C/COc1c(Cl)cccc1C=C(C(=O)OC)C(=O)OC. The number of hydrogen-bond acceptors (Lipinski definition) is 7. The van der Waals surface area contributed by atoms with Gasteiger partial charge in [-0.2, -0.15) is 0 Å². The first kappa shape index (κ1) is 20.2. The molecule has 0 atom stereocenters. The Labute approximate surface area is 149 Å². The molecule has 0 spiro atoms. The molecule has 1 aromatic carbocycles. The molecular weight excluding hydrogens is 352 g/mol. The highest BCUT2D eigenvalue weighted by atomic mass is 35.5. The predicted octanol–water partition coefficient (Wildman–Crippen LogP) is 2.18. The zero-order valence-electron chi connectivity index (χ0n) is 13.9. The molecule has 0 aliphatic carbocycles. The van der Waals surface area contributed by atoms with E-state index in [1.165, 1.54) is 25.3 Å². The summed E-state index contributed by atoms with van der Waals surface area (Å²) in [4.78, 5) is 34.5. The third-order valence-electron chi connectivity index (χ3n) is 2.89. The van der Waals surface area contributed by atoms with E-state index >= 15 is 0 Å². The molecule has 0 heterocycles. The quantitative estimate of drug-likeness (QED) is 0.239. The van der Waals surface area contributed by atoms with Crippen molar-refractivity contribution in [3.05, 3.63) is 46.5 Å². The van der Waals surface area contributed by atoms with Gasteiger partial charge < -0.3 is 18.9 Å². The average molecular weight is 369 g/mol. The highest BCUT2D eigenvalue weighted by Gasteiger charge is 2.21. The molecule has 0 aliphatic rings. The van der Waals surface area contributed by atoms with Crippen LogP contribution in [-0.4, -0.2) is 45.8 Å². The van der Waals surface area contributed by atoms with Crippen molar-refractivity contribution in [3.8, 4) is 5.75 Å². The molecule has 0 unspecified atom stereocenters. The molecule has 0 fully saturated rings. The van der Waals surface area contributed by atoms with Crippen molar-refractivity contribution in [2.24, 2.45) is 0 Å². The smallest absolute Gasteiger partial charge is 0.345 e. The molecule has 0 bridgehead atoms. The molecule has 0 amide bonds. The van der Waals surface area contributed by atoms with Gasteiger partial charge in [0, 0.05) is 11.6 Å². The molecule has 25 heavy (non-hydrogen) atoms. The Hall–Kier alpha value is -2.80. The van der Waals surface area contributed by atoms with Crippen molar-refractivity contribution < 1.29 is 33.3 Å². The van der Waals surface area contributed by atoms with Crippen LogP contribution in [0.4, 0.5) is 0 Å². The first-order valence-corrected chi connectivity index (χ1v) is 7.36. The van der Waals surface area contributed by atoms with Gasteiger partial charge in [-0.05, 0) is 18.2 Å². The summed E-state index contributed by atoms with van der Waals surface area (Å²) in [6.45, 7) is 0.0193. The molecule has 1 rings (SSSR count). The summed E-state index contributed by atoms with van der Waals surface area (Å²) in [5.41, 5.74) is 0.0481. The van der Waals surface area contributed by atoms with Crippen LogP contribution in [0, 0.1) is 0 Å². The van der Waals surface area contributed by atoms with Crippen molar-refractivity contribution in [2.75, 3.05) is 27.9 Å². The molecule has 0 saturated heterocycles. The lowest BCUT2D eigenvalue weighted by molar-refractivity contribution is -0.144. The third kappa shape index (κ3) is 5.96. The van der Waals surface area contributed by atoms with Crippen LogP contribution >= 0.6 is 11.6 Å². The number of rotatable bonds is 7. The molecule has 7 nitrogen and oxygen atoms in total. The molecule has 0 aliphatic heterocycles. The molecule has 0 saturated carbocycles. The molecule has 134 valence electrons. The van der Waals surface area contributed by atoms with Crippen molar-refractivity contribution >= 4 is 35.6 Å². The number of esters is 3. The van der Waals surface area contributed by atoms with Gasteiger partial charge in [0.25, 0.3) is 0 Å². The van der Waals surface area contributed by atoms with E-state index in [1.54, 1.807) is 18.2 Å². The second-order valence-electron chi connectivity index (χ2n) is 4.44. The Balaban J connectivity index is 3.14. The van der Waals surface area contributed by atoms with Gasteiger partial charge in [-0.25, -0.2) is 14.4 Å². The first-order valence-electron chi connectivity index (χ1n) is 6.98. The van der Waals surface area contributed by atoms with Crippen LogP contribution in [-0.2, 0) is 28.6 Å². The van der Waals surface area contributed by atoms with Gasteiger partial charge in [0.15, 0.2) is 0 Å². The fourth-order valence-electron chi connectivity index (χ4n) is 1.71. The number of carbonyl (C=O) groups is 3. The zero-order chi connectivity index (χ0) is 18.8. The van der Waals surface area contributed by atoms with E-state index in [2.05, 4.69) is 14.2 Å². The van der Waals surface area contributed by atoms with Crippen molar-refractivity contribution in [1.82, 2.24) is 0 Å². The highest BCUT2D eigenvalue weighted by molar-refractivity contribution is 6.32. The zero-order valence-corrected chi connectivity index (χ0v) is 14.7. The van der Waals surface area contributed by atoms with E-state index < -0.39 is 17.9 Å². The Kier molecular flexibility index (Phi) is 8.22. The maximum Gasteiger partial charge on any atom is 0.345 e. The van der Waals surface area contributed by atoms with Crippen LogP contribution in [0.1, 0.15) is 5.56 Å². The van der Waals surface area contributed by atoms with Crippen LogP contribution in [0.5, 0.6) is 5.75 Å². The maximum absolute atomic E-state index is 11.8. The number of benzene rings is 1. The number of hydrogen-bond donors (Lipinski definition) is 0. The topological polar surface area (TPSA) is 88.1 Å². The van der Waals surface area contributed by atoms with Crippen molar-refractivity contribution in [2.45, 2.75) is 0 Å². The number of halogens is 1. The van der Waals surface area contributed by atoms with Crippen LogP contribution < -0.4 is 4.74 Å². The molecule has 0 aromatic heterocycles. The predicted molar refractivity (Wildman–Crippen MR) is 90.1 cm³/mol. The van der Waals surface area contributed by atoms with Crippen LogP contribution in [0.3, 0.4) is 0 Å². The molecule has 8 heteroatoms. The normalized spacial score (nSPS) is 10.1. The van der Waals surface area contributed by atoms with Gasteiger partial charge in [-0.1, -0.05) is 23.7 Å². The van der Waals surface area contributed by atoms with Gasteiger partial charge in [-0.15, -0.1) is 0 Å². The summed E-state index contributed by atoms with van der Waals surface area (Å²) in [5, 5.41) is 0.259. The summed E-state index contributed by atoms with van der Waals surface area (Å²) < 4.78 is 19.1. The molecule has 0 radical (unpaired) electrons. The summed E-state index contributed by atoms with van der Waals surface area (Å²) in [5.74, 6) is -2.02. The summed E-state index contributed by atoms with van der Waals surface area (Å²) in [6.07, 6.45) is 3.88. The van der Waals surface area contributed by atoms with Gasteiger partial charge in [-0.3, -0.25) is 0 Å². The minimum absolute atomic E-state index is 0.0193. The van der Waals surface area contributed by atoms with Crippen molar-refractivity contribution in [1.29, 1.82) is 0 Å². The maximum atomic E-state index is 11.8. The standard InChI is InChI=1S/C17H17ClO7/c1-22-14(19)8-5-9-25-15-11(6-4-7-13(15)18)10-12(16(20)23-2)17(21)24-3/h4-8,10H,9H2,1-3H3/b8-5+. The van der Waals surface area contributed by atoms with E-state index in [4.69, 9.17) is 16.3 Å². The van der Waals surface area contributed by atoms with E-state index in [1.807, 2.05) is 0 Å². The summed E-state index contributed by atoms with van der Waals surface area (Å²) in [7, 11) is 3.55. The lowest BCUT2D eigenvalue weighted by Crippen LogP contribution is -2.15. The second-order valence-corrected chi connectivity index (χ2v) is 4.84. The van der Waals surface area contributed by atoms with E-state index in [0.29, 0.717) is 5.56 Å². The number of methoxy groups -OCH3 is 3. The summed E-state index contributed by atoms with van der Waals surface area (Å²) in [6, 6.07) is 4.79. The first-order chi connectivity index (χ1) is 11.9. The number of ether oxygens (including phenoxy) is 4. The molecule has 1 aromatic rings. The number of para-hydroxylation sites is 1.